The molecule has 7 heteroatoms. The second-order valence-corrected chi connectivity index (χ2v) is 5.89. The molecule has 2 aromatic rings. The quantitative estimate of drug-likeness (QED) is 0.860. The molecule has 2 N–H and O–H groups in total. The maximum absolute atomic E-state index is 12.3. The fraction of sp³-hybridized carbons (Fsp3) is 0.375. The van der Waals surface area contributed by atoms with Crippen LogP contribution in [0.4, 0.5) is 5.82 Å². The normalized spacial score (nSPS) is 20.3. The fourth-order valence-corrected chi connectivity index (χ4v) is 2.82. The molecule has 0 saturated carbocycles. The average molecular weight is 311 g/mol. The molecule has 0 aliphatic carbocycles. The number of hydrogen-bond acceptors (Lipinski definition) is 5. The Bertz CT molecular complexity index is 787. The maximum Gasteiger partial charge on any atom is 0.253 e. The Balaban J connectivity index is 1.56. The molecule has 0 aromatic carbocycles. The van der Waals surface area contributed by atoms with Gasteiger partial charge in [0.25, 0.3) is 5.91 Å². The molecule has 23 heavy (non-hydrogen) atoms. The summed E-state index contributed by atoms with van der Waals surface area (Å²) in [5.41, 5.74) is 1.07. The second-order valence-electron chi connectivity index (χ2n) is 5.89. The van der Waals surface area contributed by atoms with Gasteiger partial charge in [0.1, 0.15) is 11.9 Å². The molecule has 2 amide bonds. The molecule has 0 radical (unpaired) electrons. The van der Waals surface area contributed by atoms with Crippen LogP contribution in [0.15, 0.2) is 24.4 Å². The van der Waals surface area contributed by atoms with Crippen LogP contribution in [0, 0.1) is 0 Å². The number of carbonyl (C=O) groups is 2. The van der Waals surface area contributed by atoms with Crippen molar-refractivity contribution in [1.29, 1.82) is 0 Å². The molecule has 4 rings (SSSR count). The molecular weight excluding hydrogens is 294 g/mol. The largest absolute Gasteiger partial charge is 0.356 e. The lowest BCUT2D eigenvalue weighted by atomic mass is 10.1. The average Bonchev–Trinajstić information content (AvgIpc) is 2.90. The van der Waals surface area contributed by atoms with E-state index in [2.05, 4.69) is 25.5 Å². The summed E-state index contributed by atoms with van der Waals surface area (Å²) in [6, 6.07) is 5.19. The van der Waals surface area contributed by atoms with Crippen LogP contribution >= 0.6 is 0 Å². The standard InChI is InChI=1S/C16H17N5O2/c22-15(19-12-4-5-17-16(12)23)11-8-10-2-3-13(21-6-1-7-21)20-14(10)18-9-11/h2-3,8-9,12H,1,4-7H2,(H,17,23)(H,19,22)/t12-/m0/s1. The van der Waals surface area contributed by atoms with Crippen LogP contribution < -0.4 is 15.5 Å². The van der Waals surface area contributed by atoms with Crippen molar-refractivity contribution in [2.75, 3.05) is 24.5 Å². The van der Waals surface area contributed by atoms with E-state index >= 15 is 0 Å². The molecule has 0 spiro atoms. The molecule has 0 unspecified atom stereocenters. The van der Waals surface area contributed by atoms with Gasteiger partial charge in [-0.2, -0.15) is 0 Å². The summed E-state index contributed by atoms with van der Waals surface area (Å²) in [5, 5.41) is 6.26. The predicted molar refractivity (Wildman–Crippen MR) is 85.2 cm³/mol. The zero-order chi connectivity index (χ0) is 15.8. The van der Waals surface area contributed by atoms with E-state index in [-0.39, 0.29) is 11.8 Å². The molecule has 0 bridgehead atoms. The van der Waals surface area contributed by atoms with E-state index in [1.54, 1.807) is 6.07 Å². The number of nitrogens with one attached hydrogen (secondary N) is 2. The van der Waals surface area contributed by atoms with Crippen molar-refractivity contribution < 1.29 is 9.59 Å². The smallest absolute Gasteiger partial charge is 0.253 e. The van der Waals surface area contributed by atoms with Crippen LogP contribution in [0.5, 0.6) is 0 Å². The van der Waals surface area contributed by atoms with Crippen molar-refractivity contribution in [3.63, 3.8) is 0 Å². The SMILES string of the molecule is O=C(N[C@H]1CCNC1=O)c1cnc2nc(N3CCC3)ccc2c1. The predicted octanol–water partition coefficient (Wildman–Crippen LogP) is 0.458. The summed E-state index contributed by atoms with van der Waals surface area (Å²) in [6.07, 6.45) is 3.32. The third kappa shape index (κ3) is 2.58. The number of nitrogens with zero attached hydrogens (tertiary/aromatic N) is 3. The minimum atomic E-state index is -0.454. The van der Waals surface area contributed by atoms with Gasteiger partial charge in [0.2, 0.25) is 5.91 Å². The topological polar surface area (TPSA) is 87.2 Å². The molecule has 2 aromatic heterocycles. The second kappa shape index (κ2) is 5.49. The number of rotatable bonds is 3. The van der Waals surface area contributed by atoms with Gasteiger partial charge in [-0.15, -0.1) is 0 Å². The number of anilines is 1. The van der Waals surface area contributed by atoms with Crippen LogP contribution in [0.25, 0.3) is 11.0 Å². The van der Waals surface area contributed by atoms with Gasteiger partial charge >= 0.3 is 0 Å². The fourth-order valence-electron chi connectivity index (χ4n) is 2.82. The Hall–Kier alpha value is -2.70. The van der Waals surface area contributed by atoms with Crippen LogP contribution in [0.2, 0.25) is 0 Å². The van der Waals surface area contributed by atoms with Gasteiger partial charge in [0, 0.05) is 31.2 Å². The highest BCUT2D eigenvalue weighted by Gasteiger charge is 2.26. The van der Waals surface area contributed by atoms with Gasteiger partial charge in [-0.3, -0.25) is 9.59 Å². The lowest BCUT2D eigenvalue weighted by molar-refractivity contribution is -0.120. The molecule has 2 fully saturated rings. The Kier molecular flexibility index (Phi) is 3.33. The first-order chi connectivity index (χ1) is 11.2. The number of fused-ring (bicyclic) bond motifs is 1. The first-order valence-electron chi connectivity index (χ1n) is 7.81. The Labute approximate surface area is 133 Å². The summed E-state index contributed by atoms with van der Waals surface area (Å²) in [5.74, 6) is 0.511. The van der Waals surface area contributed by atoms with Crippen LogP contribution in [0.3, 0.4) is 0 Å². The van der Waals surface area contributed by atoms with Gasteiger partial charge in [0.05, 0.1) is 5.56 Å². The Morgan fingerprint density at radius 2 is 2.22 bits per heavy atom. The molecule has 4 heterocycles. The molecule has 1 atom stereocenters. The minimum Gasteiger partial charge on any atom is -0.356 e. The third-order valence-corrected chi connectivity index (χ3v) is 4.32. The summed E-state index contributed by atoms with van der Waals surface area (Å²) < 4.78 is 0. The van der Waals surface area contributed by atoms with E-state index in [1.165, 1.54) is 12.6 Å². The molecule has 2 aliphatic rings. The lowest BCUT2D eigenvalue weighted by Crippen LogP contribution is -2.40. The van der Waals surface area contributed by atoms with Crippen molar-refractivity contribution in [2.45, 2.75) is 18.9 Å². The molecule has 118 valence electrons. The molecular formula is C16H17N5O2. The van der Waals surface area contributed by atoms with Gasteiger partial charge < -0.3 is 15.5 Å². The Morgan fingerprint density at radius 3 is 2.91 bits per heavy atom. The summed E-state index contributed by atoms with van der Waals surface area (Å²) >= 11 is 0. The van der Waals surface area contributed by atoms with Gasteiger partial charge in [-0.1, -0.05) is 0 Å². The van der Waals surface area contributed by atoms with E-state index in [0.29, 0.717) is 24.2 Å². The van der Waals surface area contributed by atoms with Crippen molar-refractivity contribution in [3.8, 4) is 0 Å². The summed E-state index contributed by atoms with van der Waals surface area (Å²) in [7, 11) is 0. The highest BCUT2D eigenvalue weighted by atomic mass is 16.2. The van der Waals surface area contributed by atoms with Gasteiger partial charge in [-0.25, -0.2) is 9.97 Å². The Morgan fingerprint density at radius 1 is 1.35 bits per heavy atom. The van der Waals surface area contributed by atoms with E-state index in [1.807, 2.05) is 12.1 Å². The van der Waals surface area contributed by atoms with E-state index < -0.39 is 6.04 Å². The van der Waals surface area contributed by atoms with E-state index in [4.69, 9.17) is 0 Å². The zero-order valence-corrected chi connectivity index (χ0v) is 12.6. The number of carbonyl (C=O) groups excluding carboxylic acids is 2. The summed E-state index contributed by atoms with van der Waals surface area (Å²) in [6.45, 7) is 2.66. The number of aromatic nitrogens is 2. The molecule has 2 aliphatic heterocycles. The minimum absolute atomic E-state index is 0.132. The monoisotopic (exact) mass is 311 g/mol. The number of pyridine rings is 2. The first kappa shape index (κ1) is 13.9. The third-order valence-electron chi connectivity index (χ3n) is 4.32. The van der Waals surface area contributed by atoms with Crippen molar-refractivity contribution in [3.05, 3.63) is 30.0 Å². The van der Waals surface area contributed by atoms with Gasteiger partial charge in [0.15, 0.2) is 5.65 Å². The van der Waals surface area contributed by atoms with Crippen LogP contribution in [-0.4, -0.2) is 47.5 Å². The number of hydrogen-bond donors (Lipinski definition) is 2. The highest BCUT2D eigenvalue weighted by molar-refractivity contribution is 5.99. The van der Waals surface area contributed by atoms with Crippen LogP contribution in [-0.2, 0) is 4.79 Å². The van der Waals surface area contributed by atoms with Crippen molar-refractivity contribution in [2.24, 2.45) is 0 Å². The number of amides is 2. The first-order valence-corrected chi connectivity index (χ1v) is 7.81. The summed E-state index contributed by atoms with van der Waals surface area (Å²) in [4.78, 5) is 34.8. The van der Waals surface area contributed by atoms with E-state index in [0.717, 1.165) is 24.3 Å². The lowest BCUT2D eigenvalue weighted by Gasteiger charge is -2.31. The maximum atomic E-state index is 12.3. The van der Waals surface area contributed by atoms with Crippen molar-refractivity contribution in [1.82, 2.24) is 20.6 Å². The van der Waals surface area contributed by atoms with Crippen molar-refractivity contribution >= 4 is 28.7 Å². The van der Waals surface area contributed by atoms with E-state index in [9.17, 15) is 9.59 Å². The zero-order valence-electron chi connectivity index (χ0n) is 12.6. The highest BCUT2D eigenvalue weighted by Crippen LogP contribution is 2.21. The molecule has 2 saturated heterocycles. The molecule has 7 nitrogen and oxygen atoms in total. The van der Waals surface area contributed by atoms with Crippen LogP contribution in [0.1, 0.15) is 23.2 Å². The van der Waals surface area contributed by atoms with Gasteiger partial charge in [-0.05, 0) is 31.0 Å².